The molecule has 0 saturated carbocycles. The van der Waals surface area contributed by atoms with E-state index in [4.69, 9.17) is 28.4 Å². The monoisotopic (exact) mass is 682 g/mol. The van der Waals surface area contributed by atoms with Gasteiger partial charge < -0.3 is 49.7 Å². The van der Waals surface area contributed by atoms with Gasteiger partial charge in [-0.25, -0.2) is 0 Å². The molecular formula is C34H58N4O10. The van der Waals surface area contributed by atoms with Crippen LogP contribution in [0.25, 0.3) is 0 Å². The maximum Gasteiger partial charge on any atom is 0.244 e. The smallest absolute Gasteiger partial charge is 0.244 e. The molecule has 4 N–H and O–H groups in total. The van der Waals surface area contributed by atoms with Gasteiger partial charge in [0.15, 0.2) is 0 Å². The van der Waals surface area contributed by atoms with Crippen LogP contribution < -0.4 is 21.3 Å². The van der Waals surface area contributed by atoms with Crippen LogP contribution in [-0.2, 0) is 47.6 Å². The summed E-state index contributed by atoms with van der Waals surface area (Å²) in [5.74, 6) is -1.13. The van der Waals surface area contributed by atoms with Crippen molar-refractivity contribution in [3.63, 3.8) is 0 Å². The third-order valence-corrected chi connectivity index (χ3v) is 6.41. The van der Waals surface area contributed by atoms with Gasteiger partial charge >= 0.3 is 0 Å². The molecule has 14 heteroatoms. The number of carbonyl (C=O) groups excluding carboxylic acids is 4. The van der Waals surface area contributed by atoms with E-state index in [0.29, 0.717) is 58.7 Å². The van der Waals surface area contributed by atoms with Gasteiger partial charge in [0.05, 0.1) is 58.0 Å². The zero-order chi connectivity index (χ0) is 36.0. The fraction of sp³-hybridized carbons (Fsp3) is 0.647. The molecule has 0 radical (unpaired) electrons. The van der Waals surface area contributed by atoms with E-state index in [9.17, 15) is 19.2 Å². The second-order valence-electron chi connectivity index (χ2n) is 11.1. The Kier molecular flexibility index (Phi) is 26.6. The van der Waals surface area contributed by atoms with E-state index in [1.165, 1.54) is 24.3 Å². The number of hydrogen-bond donors (Lipinski definition) is 4. The number of amides is 4. The predicted octanol–water partition coefficient (Wildman–Crippen LogP) is 1.37. The van der Waals surface area contributed by atoms with Crippen molar-refractivity contribution in [2.45, 2.75) is 63.9 Å². The molecule has 0 heterocycles. The van der Waals surface area contributed by atoms with E-state index in [2.05, 4.69) is 47.6 Å². The van der Waals surface area contributed by atoms with Crippen molar-refractivity contribution >= 4 is 23.6 Å². The van der Waals surface area contributed by atoms with Crippen LogP contribution in [0.5, 0.6) is 0 Å². The minimum absolute atomic E-state index is 0.0413. The average Bonchev–Trinajstić information content (AvgIpc) is 3.09. The Morgan fingerprint density at radius 2 is 0.833 bits per heavy atom. The highest BCUT2D eigenvalue weighted by molar-refractivity contribution is 5.88. The van der Waals surface area contributed by atoms with Crippen molar-refractivity contribution in [3.8, 4) is 0 Å². The molecule has 0 aromatic carbocycles. The molecule has 48 heavy (non-hydrogen) atoms. The Hall–Kier alpha value is -3.40. The molecule has 0 aliphatic carbocycles. The van der Waals surface area contributed by atoms with E-state index in [-0.39, 0.29) is 75.7 Å². The van der Waals surface area contributed by atoms with Gasteiger partial charge in [-0.1, -0.05) is 26.3 Å². The number of nitrogens with one attached hydrogen (secondary N) is 4. The summed E-state index contributed by atoms with van der Waals surface area (Å²) in [7, 11) is 0. The molecule has 0 aromatic heterocycles. The van der Waals surface area contributed by atoms with E-state index in [1.54, 1.807) is 0 Å². The van der Waals surface area contributed by atoms with Gasteiger partial charge in [0.1, 0.15) is 5.54 Å². The second-order valence-corrected chi connectivity index (χ2v) is 11.1. The summed E-state index contributed by atoms with van der Waals surface area (Å²) >= 11 is 0. The first kappa shape index (κ1) is 44.6. The lowest BCUT2D eigenvalue weighted by atomic mass is 10.0. The van der Waals surface area contributed by atoms with Crippen molar-refractivity contribution in [2.24, 2.45) is 0 Å². The number of rotatable bonds is 32. The largest absolute Gasteiger partial charge is 0.379 e. The molecule has 0 rings (SSSR count). The molecule has 0 saturated heterocycles. The van der Waals surface area contributed by atoms with E-state index >= 15 is 0 Å². The van der Waals surface area contributed by atoms with Crippen LogP contribution >= 0.6 is 0 Å². The van der Waals surface area contributed by atoms with Gasteiger partial charge in [-0.2, -0.15) is 0 Å². The molecule has 3 atom stereocenters. The first-order valence-electron chi connectivity index (χ1n) is 16.2. The molecule has 0 aromatic rings. The lowest BCUT2D eigenvalue weighted by Gasteiger charge is -2.36. The summed E-state index contributed by atoms with van der Waals surface area (Å²) in [6, 6.07) is 0. The zero-order valence-corrected chi connectivity index (χ0v) is 29.1. The van der Waals surface area contributed by atoms with Crippen LogP contribution in [-0.4, -0.2) is 127 Å². The van der Waals surface area contributed by atoms with Crippen LogP contribution in [0.3, 0.4) is 0 Å². The number of hydrogen-bond acceptors (Lipinski definition) is 10. The van der Waals surface area contributed by atoms with Crippen LogP contribution in [0.1, 0.15) is 40.0 Å². The Labute approximate surface area is 286 Å². The molecule has 0 fully saturated rings. The summed E-state index contributed by atoms with van der Waals surface area (Å²) in [6.07, 6.45) is 5.68. The highest BCUT2D eigenvalue weighted by atomic mass is 16.6. The van der Waals surface area contributed by atoms with E-state index < -0.39 is 11.4 Å². The first-order valence-corrected chi connectivity index (χ1v) is 16.2. The third-order valence-electron chi connectivity index (χ3n) is 6.41. The quantitative estimate of drug-likeness (QED) is 0.0600. The fourth-order valence-corrected chi connectivity index (χ4v) is 3.72. The van der Waals surface area contributed by atoms with Gasteiger partial charge in [0.25, 0.3) is 0 Å². The second kappa shape index (κ2) is 28.6. The predicted molar refractivity (Wildman–Crippen MR) is 183 cm³/mol. The first-order chi connectivity index (χ1) is 23.0. The molecule has 0 aliphatic heterocycles. The van der Waals surface area contributed by atoms with Gasteiger partial charge in [-0.05, 0) is 64.3 Å². The molecule has 0 aliphatic rings. The molecule has 4 amide bonds. The Morgan fingerprint density at radius 3 is 1.10 bits per heavy atom. The molecule has 0 bridgehead atoms. The molecule has 0 spiro atoms. The van der Waals surface area contributed by atoms with Gasteiger partial charge in [0, 0.05) is 39.5 Å². The summed E-state index contributed by atoms with van der Waals surface area (Å²) in [4.78, 5) is 46.4. The number of carbonyl (C=O) groups is 4. The maximum absolute atomic E-state index is 12.6. The van der Waals surface area contributed by atoms with Gasteiger partial charge in [0.2, 0.25) is 23.6 Å². The highest BCUT2D eigenvalue weighted by Gasteiger charge is 2.35. The minimum Gasteiger partial charge on any atom is -0.379 e. The summed E-state index contributed by atoms with van der Waals surface area (Å²) in [5, 5.41) is 11.0. The normalized spacial score (nSPS) is 14.0. The van der Waals surface area contributed by atoms with Crippen LogP contribution in [0.4, 0.5) is 0 Å². The molecule has 274 valence electrons. The average molecular weight is 683 g/mol. The van der Waals surface area contributed by atoms with E-state index in [1.807, 2.05) is 20.8 Å². The Balaban J connectivity index is 5.20. The molecule has 14 nitrogen and oxygen atoms in total. The maximum atomic E-state index is 12.6. The van der Waals surface area contributed by atoms with E-state index in [0.717, 1.165) is 0 Å². The molecule has 3 unspecified atom stereocenters. The zero-order valence-electron chi connectivity index (χ0n) is 29.1. The van der Waals surface area contributed by atoms with Crippen LogP contribution in [0.2, 0.25) is 0 Å². The van der Waals surface area contributed by atoms with Crippen LogP contribution in [0.15, 0.2) is 50.6 Å². The Bertz CT molecular complexity index is 875. The lowest BCUT2D eigenvalue weighted by Crippen LogP contribution is -2.59. The van der Waals surface area contributed by atoms with Crippen molar-refractivity contribution in [3.05, 3.63) is 50.6 Å². The van der Waals surface area contributed by atoms with Crippen molar-refractivity contribution < 1.29 is 47.6 Å². The third kappa shape index (κ3) is 24.7. The summed E-state index contributed by atoms with van der Waals surface area (Å²) in [6.45, 7) is 23.0. The van der Waals surface area contributed by atoms with Gasteiger partial charge in [-0.15, -0.1) is 0 Å². The molecular weight excluding hydrogens is 624 g/mol. The van der Waals surface area contributed by atoms with Crippen molar-refractivity contribution in [1.82, 2.24) is 21.3 Å². The Morgan fingerprint density at radius 1 is 0.542 bits per heavy atom. The van der Waals surface area contributed by atoms with Crippen molar-refractivity contribution in [1.29, 1.82) is 0 Å². The standard InChI is InChI=1S/C34H58N4O10/c1-8-30(39)35-15-12-18-43-21-27(5)46-24-34(38-33(42)11-4,25-47-28(6)22-44-19-13-16-36-31(40)9-2)26-48-29(7)23-45-20-14-17-37-32(41)10-3/h8-11,27-29H,1-4,12-26H2,5-7H3,(H,35,39)(H,36,40)(H,37,41)(H,38,42). The SMILES string of the molecule is C=CC(=O)NCCCOCC(C)OCC(COC(C)COCCCNC(=O)C=C)(COC(C)COCCCNC(=O)C=C)NC(=O)C=C. The lowest BCUT2D eigenvalue weighted by molar-refractivity contribution is -0.131. The fourth-order valence-electron chi connectivity index (χ4n) is 3.72. The topological polar surface area (TPSA) is 172 Å². The van der Waals surface area contributed by atoms with Gasteiger partial charge in [-0.3, -0.25) is 19.2 Å². The number of ether oxygens (including phenoxy) is 6. The summed E-state index contributed by atoms with van der Waals surface area (Å²) in [5.41, 5.74) is -1.10. The van der Waals surface area contributed by atoms with Crippen molar-refractivity contribution in [2.75, 3.05) is 79.1 Å². The summed E-state index contributed by atoms with van der Waals surface area (Å²) < 4.78 is 35.5. The highest BCUT2D eigenvalue weighted by Crippen LogP contribution is 2.14. The minimum atomic E-state index is -1.10. The van der Waals surface area contributed by atoms with Crippen LogP contribution in [0, 0.1) is 0 Å².